The average molecular weight is 207 g/mol. The first-order chi connectivity index (χ1) is 6.91. The second-order valence-electron chi connectivity index (χ2n) is 3.85. The molecule has 82 valence electrons. The summed E-state index contributed by atoms with van der Waals surface area (Å²) in [6.45, 7) is 3.98. The normalized spacial score (nSPS) is 9.87. The molecule has 0 fully saturated rings. The van der Waals surface area contributed by atoms with Crippen LogP contribution in [0, 0.1) is 13.8 Å². The molecule has 1 aromatic carbocycles. The Bertz CT molecular complexity index is 386. The van der Waals surface area contributed by atoms with Gasteiger partial charge in [0.2, 0.25) is 0 Å². The van der Waals surface area contributed by atoms with E-state index in [-0.39, 0.29) is 6.03 Å². The van der Waals surface area contributed by atoms with Crippen molar-refractivity contribution in [2.24, 2.45) is 0 Å². The fourth-order valence-electron chi connectivity index (χ4n) is 1.17. The maximum absolute atomic E-state index is 11.4. The van der Waals surface area contributed by atoms with Gasteiger partial charge < -0.3 is 16.0 Å². The van der Waals surface area contributed by atoms with Crippen LogP contribution < -0.4 is 11.1 Å². The molecule has 4 nitrogen and oxygen atoms in total. The number of nitrogens with one attached hydrogen (secondary N) is 1. The Labute approximate surface area is 90.1 Å². The van der Waals surface area contributed by atoms with Crippen LogP contribution in [0.4, 0.5) is 16.2 Å². The molecule has 0 spiro atoms. The molecule has 3 N–H and O–H groups in total. The molecule has 0 atom stereocenters. The molecule has 1 rings (SSSR count). The number of hydrogen-bond acceptors (Lipinski definition) is 2. The van der Waals surface area contributed by atoms with Crippen LogP contribution in [0.1, 0.15) is 11.1 Å². The highest BCUT2D eigenvalue weighted by molar-refractivity contribution is 5.92. The molecule has 0 aliphatic carbocycles. The van der Waals surface area contributed by atoms with Gasteiger partial charge in [-0.25, -0.2) is 4.79 Å². The summed E-state index contributed by atoms with van der Waals surface area (Å²) in [5.74, 6) is 0. The van der Waals surface area contributed by atoms with Gasteiger partial charge in [0.1, 0.15) is 0 Å². The van der Waals surface area contributed by atoms with Crippen molar-refractivity contribution in [1.82, 2.24) is 4.90 Å². The molecule has 0 saturated heterocycles. The molecular weight excluding hydrogens is 190 g/mol. The number of carbonyl (C=O) groups excluding carboxylic acids is 1. The molecule has 0 unspecified atom stereocenters. The van der Waals surface area contributed by atoms with Crippen molar-refractivity contribution >= 4 is 17.4 Å². The van der Waals surface area contributed by atoms with Crippen LogP contribution in [0.25, 0.3) is 0 Å². The molecule has 0 bridgehead atoms. The number of amides is 2. The monoisotopic (exact) mass is 207 g/mol. The van der Waals surface area contributed by atoms with Gasteiger partial charge in [0, 0.05) is 14.1 Å². The van der Waals surface area contributed by atoms with E-state index in [0.29, 0.717) is 11.4 Å². The van der Waals surface area contributed by atoms with Gasteiger partial charge in [0.25, 0.3) is 0 Å². The number of urea groups is 1. The molecule has 0 aliphatic heterocycles. The van der Waals surface area contributed by atoms with Gasteiger partial charge in [-0.3, -0.25) is 0 Å². The molecule has 0 radical (unpaired) electrons. The third-order valence-electron chi connectivity index (χ3n) is 2.31. The fraction of sp³-hybridized carbons (Fsp3) is 0.364. The summed E-state index contributed by atoms with van der Waals surface area (Å²) >= 11 is 0. The van der Waals surface area contributed by atoms with E-state index in [0.717, 1.165) is 11.1 Å². The van der Waals surface area contributed by atoms with Gasteiger partial charge in [-0.05, 0) is 37.1 Å². The molecular formula is C11H17N3O. The van der Waals surface area contributed by atoms with Crippen molar-refractivity contribution in [1.29, 1.82) is 0 Å². The predicted octanol–water partition coefficient (Wildman–Crippen LogP) is 1.98. The van der Waals surface area contributed by atoms with Crippen molar-refractivity contribution in [3.8, 4) is 0 Å². The first-order valence-corrected chi connectivity index (χ1v) is 4.77. The van der Waals surface area contributed by atoms with Gasteiger partial charge >= 0.3 is 6.03 Å². The lowest BCUT2D eigenvalue weighted by Gasteiger charge is -2.14. The molecule has 0 aliphatic rings. The van der Waals surface area contributed by atoms with E-state index in [2.05, 4.69) is 5.32 Å². The number of carbonyl (C=O) groups is 1. The highest BCUT2D eigenvalue weighted by Crippen LogP contribution is 2.22. The van der Waals surface area contributed by atoms with E-state index < -0.39 is 0 Å². The zero-order valence-electron chi connectivity index (χ0n) is 9.59. The summed E-state index contributed by atoms with van der Waals surface area (Å²) in [4.78, 5) is 12.9. The summed E-state index contributed by atoms with van der Waals surface area (Å²) in [6, 6.07) is 3.57. The lowest BCUT2D eigenvalue weighted by molar-refractivity contribution is 0.230. The smallest absolute Gasteiger partial charge is 0.321 e. The predicted molar refractivity (Wildman–Crippen MR) is 63.0 cm³/mol. The quantitative estimate of drug-likeness (QED) is 0.692. The minimum Gasteiger partial charge on any atom is -0.397 e. The van der Waals surface area contributed by atoms with Gasteiger partial charge in [0.15, 0.2) is 0 Å². The Morgan fingerprint density at radius 1 is 1.27 bits per heavy atom. The van der Waals surface area contributed by atoms with Gasteiger partial charge in [0.05, 0.1) is 11.4 Å². The Morgan fingerprint density at radius 2 is 1.80 bits per heavy atom. The van der Waals surface area contributed by atoms with Gasteiger partial charge in [-0.2, -0.15) is 0 Å². The molecule has 15 heavy (non-hydrogen) atoms. The number of rotatable bonds is 1. The highest BCUT2D eigenvalue weighted by Gasteiger charge is 2.07. The van der Waals surface area contributed by atoms with Crippen molar-refractivity contribution in [2.45, 2.75) is 13.8 Å². The van der Waals surface area contributed by atoms with Crippen molar-refractivity contribution < 1.29 is 4.79 Å². The lowest BCUT2D eigenvalue weighted by atomic mass is 10.1. The molecule has 4 heteroatoms. The van der Waals surface area contributed by atoms with Crippen LogP contribution in [0.15, 0.2) is 12.1 Å². The second kappa shape index (κ2) is 4.21. The van der Waals surface area contributed by atoms with Crippen molar-refractivity contribution in [3.63, 3.8) is 0 Å². The maximum atomic E-state index is 11.4. The van der Waals surface area contributed by atoms with Gasteiger partial charge in [-0.15, -0.1) is 0 Å². The minimum absolute atomic E-state index is 0.176. The summed E-state index contributed by atoms with van der Waals surface area (Å²) in [6.07, 6.45) is 0. The number of benzene rings is 1. The summed E-state index contributed by atoms with van der Waals surface area (Å²) in [5.41, 5.74) is 9.29. The number of hydrogen-bond donors (Lipinski definition) is 2. The van der Waals surface area contributed by atoms with Crippen molar-refractivity contribution in [3.05, 3.63) is 23.3 Å². The molecule has 0 heterocycles. The zero-order chi connectivity index (χ0) is 11.6. The minimum atomic E-state index is -0.176. The Morgan fingerprint density at radius 3 is 2.33 bits per heavy atom. The molecule has 0 aromatic heterocycles. The topological polar surface area (TPSA) is 58.4 Å². The zero-order valence-corrected chi connectivity index (χ0v) is 9.59. The van der Waals surface area contributed by atoms with Crippen LogP contribution in [0.2, 0.25) is 0 Å². The number of aryl methyl sites for hydroxylation is 2. The van der Waals surface area contributed by atoms with Crippen LogP contribution in [0.5, 0.6) is 0 Å². The molecule has 0 saturated carbocycles. The first kappa shape index (κ1) is 11.4. The largest absolute Gasteiger partial charge is 0.397 e. The lowest BCUT2D eigenvalue weighted by Crippen LogP contribution is -2.27. The average Bonchev–Trinajstić information content (AvgIpc) is 2.13. The maximum Gasteiger partial charge on any atom is 0.321 e. The van der Waals surface area contributed by atoms with Crippen LogP contribution in [-0.2, 0) is 0 Å². The first-order valence-electron chi connectivity index (χ1n) is 4.77. The van der Waals surface area contributed by atoms with Crippen LogP contribution in [-0.4, -0.2) is 25.0 Å². The number of nitrogens with zero attached hydrogens (tertiary/aromatic N) is 1. The Kier molecular flexibility index (Phi) is 3.19. The van der Waals surface area contributed by atoms with E-state index >= 15 is 0 Å². The van der Waals surface area contributed by atoms with Crippen LogP contribution >= 0.6 is 0 Å². The molecule has 2 amide bonds. The fourth-order valence-corrected chi connectivity index (χ4v) is 1.17. The standard InChI is InChI=1S/C11H17N3O/c1-7-5-9(12)10(6-8(7)2)13-11(15)14(3)4/h5-6H,12H2,1-4H3,(H,13,15). The molecule has 1 aromatic rings. The summed E-state index contributed by atoms with van der Waals surface area (Å²) < 4.78 is 0. The van der Waals surface area contributed by atoms with E-state index in [1.165, 1.54) is 4.90 Å². The van der Waals surface area contributed by atoms with E-state index in [9.17, 15) is 4.79 Å². The van der Waals surface area contributed by atoms with E-state index in [1.54, 1.807) is 14.1 Å². The SMILES string of the molecule is Cc1cc(N)c(NC(=O)N(C)C)cc1C. The van der Waals surface area contributed by atoms with Crippen LogP contribution in [0.3, 0.4) is 0 Å². The second-order valence-corrected chi connectivity index (χ2v) is 3.85. The third-order valence-corrected chi connectivity index (χ3v) is 2.31. The summed E-state index contributed by atoms with van der Waals surface area (Å²) in [5, 5.41) is 2.74. The highest BCUT2D eigenvalue weighted by atomic mass is 16.2. The number of anilines is 2. The van der Waals surface area contributed by atoms with E-state index in [4.69, 9.17) is 5.73 Å². The summed E-state index contributed by atoms with van der Waals surface area (Å²) in [7, 11) is 3.37. The number of nitrogen functional groups attached to an aromatic ring is 1. The van der Waals surface area contributed by atoms with E-state index in [1.807, 2.05) is 26.0 Å². The van der Waals surface area contributed by atoms with Gasteiger partial charge in [-0.1, -0.05) is 0 Å². The Balaban J connectivity index is 2.96. The Hall–Kier alpha value is -1.71. The number of nitrogens with two attached hydrogens (primary N) is 1. The van der Waals surface area contributed by atoms with Crippen molar-refractivity contribution in [2.75, 3.05) is 25.1 Å². The third kappa shape index (κ3) is 2.62.